The van der Waals surface area contributed by atoms with Gasteiger partial charge in [-0.1, -0.05) is 36.8 Å². The molecular formula is C19H24N4O. The Labute approximate surface area is 143 Å². The van der Waals surface area contributed by atoms with Gasteiger partial charge < -0.3 is 10.2 Å². The highest BCUT2D eigenvalue weighted by Crippen LogP contribution is 2.19. The van der Waals surface area contributed by atoms with Crippen LogP contribution in [-0.4, -0.2) is 29.0 Å². The topological polar surface area (TPSA) is 58.1 Å². The van der Waals surface area contributed by atoms with Crippen molar-refractivity contribution in [3.8, 4) is 0 Å². The lowest BCUT2D eigenvalue weighted by Gasteiger charge is -2.30. The van der Waals surface area contributed by atoms with Crippen LogP contribution in [0.15, 0.2) is 36.7 Å². The molecule has 1 N–H and O–H groups in total. The van der Waals surface area contributed by atoms with E-state index in [1.165, 1.54) is 18.4 Å². The van der Waals surface area contributed by atoms with Crippen LogP contribution < -0.4 is 10.2 Å². The number of benzene rings is 1. The lowest BCUT2D eigenvalue weighted by Crippen LogP contribution is -2.35. The maximum Gasteiger partial charge on any atom is 0.254 e. The van der Waals surface area contributed by atoms with Gasteiger partial charge in [0.1, 0.15) is 0 Å². The number of nitrogens with one attached hydrogen (secondary N) is 1. The molecule has 1 aliphatic heterocycles. The number of hydrogen-bond donors (Lipinski definition) is 1. The van der Waals surface area contributed by atoms with Crippen LogP contribution in [-0.2, 0) is 6.54 Å². The zero-order valence-electron chi connectivity index (χ0n) is 14.3. The first kappa shape index (κ1) is 16.4. The molecule has 3 rings (SSSR count). The number of nitrogens with zero attached hydrogens (tertiary/aromatic N) is 3. The molecule has 1 aromatic carbocycles. The Morgan fingerprint density at radius 1 is 1.33 bits per heavy atom. The molecule has 1 aromatic heterocycles. The maximum atomic E-state index is 12.2. The van der Waals surface area contributed by atoms with E-state index >= 15 is 0 Å². The molecular weight excluding hydrogens is 300 g/mol. The summed E-state index contributed by atoms with van der Waals surface area (Å²) >= 11 is 0. The minimum Gasteiger partial charge on any atom is -0.348 e. The van der Waals surface area contributed by atoms with Crippen molar-refractivity contribution in [1.82, 2.24) is 15.3 Å². The highest BCUT2D eigenvalue weighted by molar-refractivity contribution is 5.93. The van der Waals surface area contributed by atoms with Crippen molar-refractivity contribution in [1.29, 1.82) is 0 Å². The van der Waals surface area contributed by atoms with E-state index in [-0.39, 0.29) is 5.91 Å². The number of carbonyl (C=O) groups excluding carboxylic acids is 1. The molecule has 24 heavy (non-hydrogen) atoms. The summed E-state index contributed by atoms with van der Waals surface area (Å²) in [4.78, 5) is 23.2. The van der Waals surface area contributed by atoms with Gasteiger partial charge in [0.05, 0.1) is 5.56 Å². The first-order valence-corrected chi connectivity index (χ1v) is 8.52. The van der Waals surface area contributed by atoms with E-state index in [0.29, 0.717) is 18.0 Å². The molecule has 0 bridgehead atoms. The average Bonchev–Trinajstić information content (AvgIpc) is 2.60. The van der Waals surface area contributed by atoms with Crippen LogP contribution >= 0.6 is 0 Å². The lowest BCUT2D eigenvalue weighted by molar-refractivity contribution is 0.0950. The van der Waals surface area contributed by atoms with Gasteiger partial charge in [-0.15, -0.1) is 0 Å². The molecule has 0 radical (unpaired) electrons. The van der Waals surface area contributed by atoms with Crippen molar-refractivity contribution in [2.45, 2.75) is 33.2 Å². The van der Waals surface area contributed by atoms with Crippen molar-refractivity contribution in [2.75, 3.05) is 18.0 Å². The highest BCUT2D eigenvalue weighted by atomic mass is 16.1. The third-order valence-corrected chi connectivity index (χ3v) is 4.38. The van der Waals surface area contributed by atoms with E-state index < -0.39 is 0 Å². The predicted molar refractivity (Wildman–Crippen MR) is 95.0 cm³/mol. The van der Waals surface area contributed by atoms with Gasteiger partial charge in [0.2, 0.25) is 5.95 Å². The SMILES string of the molecule is Cc1cccc(CNC(=O)c2cnc(N3CCCC(C)C3)nc2)c1. The van der Waals surface area contributed by atoms with Crippen LogP contribution in [0, 0.1) is 12.8 Å². The van der Waals surface area contributed by atoms with Crippen LogP contribution in [0.1, 0.15) is 41.3 Å². The number of aryl methyl sites for hydroxylation is 1. The summed E-state index contributed by atoms with van der Waals surface area (Å²) in [6.45, 7) is 6.77. The molecule has 5 heteroatoms. The van der Waals surface area contributed by atoms with Gasteiger partial charge >= 0.3 is 0 Å². The highest BCUT2D eigenvalue weighted by Gasteiger charge is 2.18. The molecule has 1 aliphatic rings. The van der Waals surface area contributed by atoms with Crippen molar-refractivity contribution in [2.24, 2.45) is 5.92 Å². The second kappa shape index (κ2) is 7.43. The van der Waals surface area contributed by atoms with E-state index in [1.807, 2.05) is 25.1 Å². The van der Waals surface area contributed by atoms with Gasteiger partial charge in [-0.25, -0.2) is 9.97 Å². The molecule has 126 valence electrons. The zero-order valence-corrected chi connectivity index (χ0v) is 14.3. The zero-order chi connectivity index (χ0) is 16.9. The van der Waals surface area contributed by atoms with Crippen LogP contribution in [0.4, 0.5) is 5.95 Å². The Morgan fingerprint density at radius 3 is 2.83 bits per heavy atom. The minimum atomic E-state index is -0.143. The Kier molecular flexibility index (Phi) is 5.08. The molecule has 0 saturated carbocycles. The molecule has 1 atom stereocenters. The smallest absolute Gasteiger partial charge is 0.254 e. The van der Waals surface area contributed by atoms with Gasteiger partial charge in [-0.2, -0.15) is 0 Å². The molecule has 1 fully saturated rings. The number of carbonyl (C=O) groups is 1. The Balaban J connectivity index is 1.59. The third kappa shape index (κ3) is 4.10. The van der Waals surface area contributed by atoms with E-state index in [9.17, 15) is 4.79 Å². The monoisotopic (exact) mass is 324 g/mol. The normalized spacial score (nSPS) is 17.6. The number of piperidine rings is 1. The first-order valence-electron chi connectivity index (χ1n) is 8.52. The standard InChI is InChI=1S/C19H24N4O/c1-14-5-3-7-16(9-14)10-20-18(24)17-11-21-19(22-12-17)23-8-4-6-15(2)13-23/h3,5,7,9,11-12,15H,4,6,8,10,13H2,1-2H3,(H,20,24). The number of aromatic nitrogens is 2. The molecule has 1 unspecified atom stereocenters. The van der Waals surface area contributed by atoms with E-state index in [4.69, 9.17) is 0 Å². The van der Waals surface area contributed by atoms with Gasteiger partial charge in [0.25, 0.3) is 5.91 Å². The average molecular weight is 324 g/mol. The van der Waals surface area contributed by atoms with Crippen molar-refractivity contribution >= 4 is 11.9 Å². The number of rotatable bonds is 4. The molecule has 0 aliphatic carbocycles. The molecule has 5 nitrogen and oxygen atoms in total. The summed E-state index contributed by atoms with van der Waals surface area (Å²) in [5.41, 5.74) is 2.77. The number of anilines is 1. The lowest BCUT2D eigenvalue weighted by atomic mass is 10.0. The molecule has 0 spiro atoms. The molecule has 2 heterocycles. The van der Waals surface area contributed by atoms with Crippen molar-refractivity contribution < 1.29 is 4.79 Å². The fourth-order valence-electron chi connectivity index (χ4n) is 3.08. The van der Waals surface area contributed by atoms with Crippen LogP contribution in [0.5, 0.6) is 0 Å². The Morgan fingerprint density at radius 2 is 2.12 bits per heavy atom. The molecule has 1 saturated heterocycles. The number of amides is 1. The van der Waals surface area contributed by atoms with Gasteiger partial charge in [0.15, 0.2) is 0 Å². The fourth-order valence-corrected chi connectivity index (χ4v) is 3.08. The maximum absolute atomic E-state index is 12.2. The fraction of sp³-hybridized carbons (Fsp3) is 0.421. The summed E-state index contributed by atoms with van der Waals surface area (Å²) in [6, 6.07) is 8.11. The Bertz CT molecular complexity index is 699. The van der Waals surface area contributed by atoms with Crippen LogP contribution in [0.25, 0.3) is 0 Å². The second-order valence-corrected chi connectivity index (χ2v) is 6.64. The summed E-state index contributed by atoms with van der Waals surface area (Å²) < 4.78 is 0. The summed E-state index contributed by atoms with van der Waals surface area (Å²) in [5.74, 6) is 1.24. The van der Waals surface area contributed by atoms with E-state index in [1.54, 1.807) is 12.4 Å². The number of hydrogen-bond acceptors (Lipinski definition) is 4. The first-order chi connectivity index (χ1) is 11.6. The van der Waals surface area contributed by atoms with E-state index in [0.717, 1.165) is 24.6 Å². The second-order valence-electron chi connectivity index (χ2n) is 6.64. The molecule has 2 aromatic rings. The summed E-state index contributed by atoms with van der Waals surface area (Å²) in [5, 5.41) is 2.92. The van der Waals surface area contributed by atoms with Gasteiger partial charge in [-0.3, -0.25) is 4.79 Å². The van der Waals surface area contributed by atoms with Gasteiger partial charge in [0, 0.05) is 32.0 Å². The molecule has 1 amide bonds. The van der Waals surface area contributed by atoms with Gasteiger partial charge in [-0.05, 0) is 31.2 Å². The van der Waals surface area contributed by atoms with Crippen molar-refractivity contribution in [3.05, 3.63) is 53.3 Å². The Hall–Kier alpha value is -2.43. The summed E-state index contributed by atoms with van der Waals surface area (Å²) in [7, 11) is 0. The van der Waals surface area contributed by atoms with E-state index in [2.05, 4.69) is 33.2 Å². The van der Waals surface area contributed by atoms with Crippen LogP contribution in [0.3, 0.4) is 0 Å². The van der Waals surface area contributed by atoms with Crippen LogP contribution in [0.2, 0.25) is 0 Å². The third-order valence-electron chi connectivity index (χ3n) is 4.38. The largest absolute Gasteiger partial charge is 0.348 e. The minimum absolute atomic E-state index is 0.143. The summed E-state index contributed by atoms with van der Waals surface area (Å²) in [6.07, 6.45) is 5.67. The van der Waals surface area contributed by atoms with Crippen molar-refractivity contribution in [3.63, 3.8) is 0 Å². The quantitative estimate of drug-likeness (QED) is 0.939. The predicted octanol–water partition coefficient (Wildman–Crippen LogP) is 2.95.